The molecule has 5 nitrogen and oxygen atoms in total. The summed E-state index contributed by atoms with van der Waals surface area (Å²) in [6.45, 7) is 3.82. The quantitative estimate of drug-likeness (QED) is 0.723. The molecule has 1 aliphatic heterocycles. The first-order valence-corrected chi connectivity index (χ1v) is 8.42. The number of likely N-dealkylation sites (tertiary alicyclic amines) is 1. The molecule has 4 rings (SSSR count). The van der Waals surface area contributed by atoms with Crippen molar-refractivity contribution in [2.45, 2.75) is 13.3 Å². The van der Waals surface area contributed by atoms with Gasteiger partial charge in [0.1, 0.15) is 5.65 Å². The zero-order valence-corrected chi connectivity index (χ0v) is 14.0. The highest BCUT2D eigenvalue weighted by atomic mass is 16.2. The maximum Gasteiger partial charge on any atom is 0.255 e. The molecule has 1 saturated heterocycles. The Kier molecular flexibility index (Phi) is 3.73. The second-order valence-electron chi connectivity index (χ2n) is 6.63. The van der Waals surface area contributed by atoms with E-state index in [1.807, 2.05) is 39.9 Å². The van der Waals surface area contributed by atoms with Gasteiger partial charge < -0.3 is 9.47 Å². The van der Waals surface area contributed by atoms with E-state index in [4.69, 9.17) is 5.26 Å². The van der Waals surface area contributed by atoms with Crippen LogP contribution in [0.5, 0.6) is 0 Å². The Morgan fingerprint density at radius 3 is 2.76 bits per heavy atom. The molecule has 0 bridgehead atoms. The smallest absolute Gasteiger partial charge is 0.255 e. The van der Waals surface area contributed by atoms with Crippen molar-refractivity contribution in [2.75, 3.05) is 13.1 Å². The minimum absolute atomic E-state index is 0.0601. The number of nitrogens with zero attached hydrogens (tertiary/aromatic N) is 4. The number of nitriles is 1. The van der Waals surface area contributed by atoms with Gasteiger partial charge in [-0.15, -0.1) is 0 Å². The molecule has 0 aliphatic carbocycles. The maximum atomic E-state index is 12.6. The largest absolute Gasteiger partial charge is 0.338 e. The van der Waals surface area contributed by atoms with Crippen molar-refractivity contribution in [3.05, 3.63) is 59.9 Å². The number of pyridine rings is 1. The number of fused-ring (bicyclic) bond motifs is 1. The first-order valence-electron chi connectivity index (χ1n) is 8.42. The van der Waals surface area contributed by atoms with Gasteiger partial charge in [-0.25, -0.2) is 4.98 Å². The SMILES string of the molecule is CC1CCN(C(=O)c2cnc3c(ccn3-c3ccc(C#N)cc3)c2)C1. The number of benzene rings is 1. The van der Waals surface area contributed by atoms with Crippen LogP contribution in [0.3, 0.4) is 0 Å². The number of hydrogen-bond donors (Lipinski definition) is 0. The molecule has 25 heavy (non-hydrogen) atoms. The van der Waals surface area contributed by atoms with Crippen LogP contribution in [0, 0.1) is 17.2 Å². The van der Waals surface area contributed by atoms with Crippen LogP contribution < -0.4 is 0 Å². The Labute approximate surface area is 146 Å². The highest BCUT2D eigenvalue weighted by Crippen LogP contribution is 2.22. The van der Waals surface area contributed by atoms with Crippen molar-refractivity contribution in [1.82, 2.24) is 14.5 Å². The van der Waals surface area contributed by atoms with Gasteiger partial charge in [0.15, 0.2) is 0 Å². The molecule has 124 valence electrons. The van der Waals surface area contributed by atoms with E-state index in [9.17, 15) is 4.79 Å². The van der Waals surface area contributed by atoms with Crippen molar-refractivity contribution in [3.8, 4) is 11.8 Å². The minimum Gasteiger partial charge on any atom is -0.338 e. The molecule has 3 heterocycles. The highest BCUT2D eigenvalue weighted by Gasteiger charge is 2.24. The second-order valence-corrected chi connectivity index (χ2v) is 6.63. The lowest BCUT2D eigenvalue weighted by Gasteiger charge is -2.15. The van der Waals surface area contributed by atoms with E-state index in [0.717, 1.165) is 36.2 Å². The van der Waals surface area contributed by atoms with E-state index < -0.39 is 0 Å². The fourth-order valence-corrected chi connectivity index (χ4v) is 3.35. The lowest BCUT2D eigenvalue weighted by molar-refractivity contribution is 0.0788. The average molecular weight is 330 g/mol. The zero-order chi connectivity index (χ0) is 17.4. The summed E-state index contributed by atoms with van der Waals surface area (Å²) in [5, 5.41) is 9.85. The maximum absolute atomic E-state index is 12.6. The molecular weight excluding hydrogens is 312 g/mol. The molecule has 2 aromatic heterocycles. The van der Waals surface area contributed by atoms with Crippen LogP contribution in [-0.4, -0.2) is 33.4 Å². The van der Waals surface area contributed by atoms with Gasteiger partial charge in [0.2, 0.25) is 0 Å². The van der Waals surface area contributed by atoms with Gasteiger partial charge in [-0.3, -0.25) is 4.79 Å². The second kappa shape index (κ2) is 6.06. The van der Waals surface area contributed by atoms with Gasteiger partial charge in [0, 0.05) is 36.6 Å². The van der Waals surface area contributed by atoms with Crippen molar-refractivity contribution in [3.63, 3.8) is 0 Å². The molecule has 1 unspecified atom stereocenters. The molecule has 1 fully saturated rings. The summed E-state index contributed by atoms with van der Waals surface area (Å²) >= 11 is 0. The molecule has 1 atom stereocenters. The van der Waals surface area contributed by atoms with E-state index in [2.05, 4.69) is 18.0 Å². The fourth-order valence-electron chi connectivity index (χ4n) is 3.35. The number of carbonyl (C=O) groups is 1. The lowest BCUT2D eigenvalue weighted by atomic mass is 10.2. The van der Waals surface area contributed by atoms with Gasteiger partial charge in [0.05, 0.1) is 17.2 Å². The Balaban J connectivity index is 1.67. The molecule has 0 radical (unpaired) electrons. The van der Waals surface area contributed by atoms with Crippen LogP contribution in [0.25, 0.3) is 16.7 Å². The Morgan fingerprint density at radius 1 is 1.28 bits per heavy atom. The van der Waals surface area contributed by atoms with Crippen LogP contribution in [0.15, 0.2) is 48.8 Å². The monoisotopic (exact) mass is 330 g/mol. The Morgan fingerprint density at radius 2 is 2.08 bits per heavy atom. The average Bonchev–Trinajstić information content (AvgIpc) is 3.27. The number of rotatable bonds is 2. The van der Waals surface area contributed by atoms with E-state index >= 15 is 0 Å². The fraction of sp³-hybridized carbons (Fsp3) is 0.250. The van der Waals surface area contributed by atoms with Crippen LogP contribution >= 0.6 is 0 Å². The summed E-state index contributed by atoms with van der Waals surface area (Å²) < 4.78 is 1.96. The van der Waals surface area contributed by atoms with Crippen LogP contribution in [0.1, 0.15) is 29.3 Å². The summed E-state index contributed by atoms with van der Waals surface area (Å²) in [7, 11) is 0. The normalized spacial score (nSPS) is 17.0. The molecule has 1 aliphatic rings. The summed E-state index contributed by atoms with van der Waals surface area (Å²) in [5.74, 6) is 0.628. The van der Waals surface area contributed by atoms with E-state index in [1.165, 1.54) is 0 Å². The molecule has 1 aromatic carbocycles. The van der Waals surface area contributed by atoms with Crippen molar-refractivity contribution < 1.29 is 4.79 Å². The third-order valence-corrected chi connectivity index (χ3v) is 4.76. The molecular formula is C20H18N4O. The molecule has 0 saturated carbocycles. The molecule has 5 heteroatoms. The zero-order valence-electron chi connectivity index (χ0n) is 14.0. The first kappa shape index (κ1) is 15.4. The lowest BCUT2D eigenvalue weighted by Crippen LogP contribution is -2.28. The van der Waals surface area contributed by atoms with Gasteiger partial charge in [0.25, 0.3) is 5.91 Å². The Bertz CT molecular complexity index is 981. The first-order chi connectivity index (χ1) is 12.2. The third-order valence-electron chi connectivity index (χ3n) is 4.76. The van der Waals surface area contributed by atoms with E-state index in [0.29, 0.717) is 17.0 Å². The number of hydrogen-bond acceptors (Lipinski definition) is 3. The van der Waals surface area contributed by atoms with Gasteiger partial charge in [-0.2, -0.15) is 5.26 Å². The van der Waals surface area contributed by atoms with Gasteiger partial charge >= 0.3 is 0 Å². The van der Waals surface area contributed by atoms with Gasteiger partial charge in [-0.1, -0.05) is 6.92 Å². The van der Waals surface area contributed by atoms with Gasteiger partial charge in [-0.05, 0) is 48.7 Å². The number of aromatic nitrogens is 2. The summed E-state index contributed by atoms with van der Waals surface area (Å²) in [5.41, 5.74) is 3.00. The van der Waals surface area contributed by atoms with Crippen molar-refractivity contribution in [1.29, 1.82) is 5.26 Å². The minimum atomic E-state index is 0.0601. The van der Waals surface area contributed by atoms with E-state index in [1.54, 1.807) is 18.3 Å². The van der Waals surface area contributed by atoms with Crippen molar-refractivity contribution >= 4 is 16.9 Å². The summed E-state index contributed by atoms with van der Waals surface area (Å²) in [6, 6.07) is 13.3. The third kappa shape index (κ3) is 2.76. The summed E-state index contributed by atoms with van der Waals surface area (Å²) in [6.07, 6.45) is 4.66. The van der Waals surface area contributed by atoms with Crippen LogP contribution in [0.2, 0.25) is 0 Å². The van der Waals surface area contributed by atoms with Crippen LogP contribution in [-0.2, 0) is 0 Å². The molecule has 1 amide bonds. The Hall–Kier alpha value is -3.13. The number of amides is 1. The predicted molar refractivity (Wildman–Crippen MR) is 95.5 cm³/mol. The standard InChI is InChI=1S/C20H18N4O/c1-14-6-8-23(13-14)20(25)17-10-16-7-9-24(19(16)22-12-17)18-4-2-15(11-21)3-5-18/h2-5,7,9-10,12,14H,6,8,13H2,1H3. The molecule has 0 N–H and O–H groups in total. The molecule has 3 aromatic rings. The van der Waals surface area contributed by atoms with E-state index in [-0.39, 0.29) is 5.91 Å². The summed E-state index contributed by atoms with van der Waals surface area (Å²) in [4.78, 5) is 19.1. The highest BCUT2D eigenvalue weighted by molar-refractivity contribution is 5.97. The predicted octanol–water partition coefficient (Wildman–Crippen LogP) is 3.38. The topological polar surface area (TPSA) is 61.9 Å². The molecule has 0 spiro atoms. The van der Waals surface area contributed by atoms with Crippen LogP contribution in [0.4, 0.5) is 0 Å². The van der Waals surface area contributed by atoms with Crippen molar-refractivity contribution in [2.24, 2.45) is 5.92 Å². The number of carbonyl (C=O) groups excluding carboxylic acids is 1.